The normalized spacial score (nSPS) is 46.1. The first-order valence-electron chi connectivity index (χ1n) is 3.34. The standard InChI is InChI=1S/C6H12N2/c7-6-1-5(6)4-2-8-3-4/h4-6,8H,1-3,7H2/t5-,6+/m0/s1. The molecule has 1 saturated carbocycles. The van der Waals surface area contributed by atoms with Crippen LogP contribution in [0.5, 0.6) is 0 Å². The highest BCUT2D eigenvalue weighted by atomic mass is 15.0. The lowest BCUT2D eigenvalue weighted by molar-refractivity contribution is 0.305. The van der Waals surface area contributed by atoms with Crippen molar-refractivity contribution in [2.75, 3.05) is 13.1 Å². The Bertz CT molecular complexity index is 95.9. The predicted octanol–water partition coefficient (Wildman–Crippen LogP) is -0.447. The molecule has 2 aliphatic rings. The Morgan fingerprint density at radius 3 is 2.12 bits per heavy atom. The van der Waals surface area contributed by atoms with Gasteiger partial charge in [-0.3, -0.25) is 0 Å². The zero-order valence-electron chi connectivity index (χ0n) is 4.93. The van der Waals surface area contributed by atoms with Gasteiger partial charge in [-0.1, -0.05) is 0 Å². The first-order valence-corrected chi connectivity index (χ1v) is 3.34. The Morgan fingerprint density at radius 1 is 1.38 bits per heavy atom. The van der Waals surface area contributed by atoms with Crippen molar-refractivity contribution in [2.24, 2.45) is 17.6 Å². The van der Waals surface area contributed by atoms with Gasteiger partial charge in [-0.25, -0.2) is 0 Å². The molecule has 0 aromatic carbocycles. The summed E-state index contributed by atoms with van der Waals surface area (Å²) in [4.78, 5) is 0. The quantitative estimate of drug-likeness (QED) is 0.482. The third-order valence-electron chi connectivity index (χ3n) is 2.31. The second-order valence-corrected chi connectivity index (χ2v) is 2.98. The molecule has 0 aromatic rings. The molecule has 1 saturated heterocycles. The summed E-state index contributed by atoms with van der Waals surface area (Å²) in [7, 11) is 0. The van der Waals surface area contributed by atoms with E-state index in [1.54, 1.807) is 0 Å². The number of rotatable bonds is 1. The Kier molecular flexibility index (Phi) is 0.866. The third kappa shape index (κ3) is 0.565. The van der Waals surface area contributed by atoms with Crippen molar-refractivity contribution in [1.82, 2.24) is 5.32 Å². The van der Waals surface area contributed by atoms with Crippen molar-refractivity contribution in [2.45, 2.75) is 12.5 Å². The number of hydrogen-bond acceptors (Lipinski definition) is 2. The van der Waals surface area contributed by atoms with E-state index < -0.39 is 0 Å². The molecule has 1 aliphatic carbocycles. The molecule has 8 heavy (non-hydrogen) atoms. The van der Waals surface area contributed by atoms with Gasteiger partial charge in [0, 0.05) is 6.04 Å². The maximum absolute atomic E-state index is 5.65. The molecule has 2 rings (SSSR count). The molecular formula is C6H12N2. The summed E-state index contributed by atoms with van der Waals surface area (Å²) >= 11 is 0. The molecule has 1 heterocycles. The summed E-state index contributed by atoms with van der Waals surface area (Å²) < 4.78 is 0. The van der Waals surface area contributed by atoms with Crippen LogP contribution in [0.4, 0.5) is 0 Å². The van der Waals surface area contributed by atoms with Gasteiger partial charge in [0.25, 0.3) is 0 Å². The van der Waals surface area contributed by atoms with Gasteiger partial charge in [0.2, 0.25) is 0 Å². The smallest absolute Gasteiger partial charge is 0.00746 e. The van der Waals surface area contributed by atoms with Gasteiger partial charge >= 0.3 is 0 Å². The van der Waals surface area contributed by atoms with Gasteiger partial charge in [-0.2, -0.15) is 0 Å². The van der Waals surface area contributed by atoms with Crippen LogP contribution in [0.15, 0.2) is 0 Å². The lowest BCUT2D eigenvalue weighted by atomic mass is 9.97. The Hall–Kier alpha value is -0.0800. The minimum atomic E-state index is 0.557. The van der Waals surface area contributed by atoms with Crippen LogP contribution in [-0.4, -0.2) is 19.1 Å². The zero-order valence-corrected chi connectivity index (χ0v) is 4.93. The van der Waals surface area contributed by atoms with Crippen molar-refractivity contribution in [1.29, 1.82) is 0 Å². The monoisotopic (exact) mass is 112 g/mol. The number of nitrogens with one attached hydrogen (secondary N) is 1. The van der Waals surface area contributed by atoms with E-state index in [-0.39, 0.29) is 0 Å². The number of nitrogens with two attached hydrogens (primary N) is 1. The summed E-state index contributed by atoms with van der Waals surface area (Å²) in [6.07, 6.45) is 1.28. The fraction of sp³-hybridized carbons (Fsp3) is 1.00. The molecule has 0 unspecified atom stereocenters. The molecule has 2 fully saturated rings. The maximum atomic E-state index is 5.65. The first-order chi connectivity index (χ1) is 3.88. The Balaban J connectivity index is 1.82. The summed E-state index contributed by atoms with van der Waals surface area (Å²) in [5.74, 6) is 1.82. The second kappa shape index (κ2) is 1.45. The number of hydrogen-bond donors (Lipinski definition) is 2. The van der Waals surface area contributed by atoms with Crippen LogP contribution in [0.2, 0.25) is 0 Å². The van der Waals surface area contributed by atoms with Gasteiger partial charge in [0.15, 0.2) is 0 Å². The lowest BCUT2D eigenvalue weighted by Crippen LogP contribution is -2.44. The minimum Gasteiger partial charge on any atom is -0.327 e. The summed E-state index contributed by atoms with van der Waals surface area (Å²) in [5.41, 5.74) is 5.65. The van der Waals surface area contributed by atoms with Crippen LogP contribution in [0.1, 0.15) is 6.42 Å². The van der Waals surface area contributed by atoms with Crippen LogP contribution in [0.3, 0.4) is 0 Å². The summed E-state index contributed by atoms with van der Waals surface area (Å²) in [6.45, 7) is 2.44. The highest BCUT2D eigenvalue weighted by Crippen LogP contribution is 2.37. The molecular weight excluding hydrogens is 100 g/mol. The average molecular weight is 112 g/mol. The minimum absolute atomic E-state index is 0.557. The SMILES string of the molecule is N[C@@H]1C[C@H]1C1CNC1. The molecule has 3 N–H and O–H groups in total. The van der Waals surface area contributed by atoms with Crippen LogP contribution >= 0.6 is 0 Å². The van der Waals surface area contributed by atoms with E-state index in [0.717, 1.165) is 11.8 Å². The zero-order chi connectivity index (χ0) is 5.56. The van der Waals surface area contributed by atoms with Crippen LogP contribution < -0.4 is 11.1 Å². The molecule has 0 amide bonds. The van der Waals surface area contributed by atoms with Crippen molar-refractivity contribution in [3.63, 3.8) is 0 Å². The van der Waals surface area contributed by atoms with E-state index in [2.05, 4.69) is 5.32 Å². The van der Waals surface area contributed by atoms with Gasteiger partial charge in [0.1, 0.15) is 0 Å². The van der Waals surface area contributed by atoms with Gasteiger partial charge < -0.3 is 11.1 Å². The highest BCUT2D eigenvalue weighted by Gasteiger charge is 2.42. The molecule has 0 bridgehead atoms. The fourth-order valence-electron chi connectivity index (χ4n) is 1.39. The van der Waals surface area contributed by atoms with Gasteiger partial charge in [0.05, 0.1) is 0 Å². The second-order valence-electron chi connectivity index (χ2n) is 2.98. The van der Waals surface area contributed by atoms with Crippen molar-refractivity contribution in [3.05, 3.63) is 0 Å². The van der Waals surface area contributed by atoms with E-state index in [1.807, 2.05) is 0 Å². The largest absolute Gasteiger partial charge is 0.327 e. The lowest BCUT2D eigenvalue weighted by Gasteiger charge is -2.26. The van der Waals surface area contributed by atoms with Crippen LogP contribution in [-0.2, 0) is 0 Å². The maximum Gasteiger partial charge on any atom is 0.00746 e. The van der Waals surface area contributed by atoms with Crippen molar-refractivity contribution < 1.29 is 0 Å². The Morgan fingerprint density at radius 2 is 2.00 bits per heavy atom. The molecule has 2 atom stereocenters. The molecule has 0 radical (unpaired) electrons. The third-order valence-corrected chi connectivity index (χ3v) is 2.31. The average Bonchev–Trinajstić information content (AvgIpc) is 2.13. The van der Waals surface area contributed by atoms with Crippen molar-refractivity contribution >= 4 is 0 Å². The first kappa shape index (κ1) is 4.77. The summed E-state index contributed by atoms with van der Waals surface area (Å²) in [5, 5.41) is 3.25. The van der Waals surface area contributed by atoms with Crippen LogP contribution in [0, 0.1) is 11.8 Å². The molecule has 0 spiro atoms. The van der Waals surface area contributed by atoms with E-state index in [9.17, 15) is 0 Å². The van der Waals surface area contributed by atoms with E-state index in [4.69, 9.17) is 5.73 Å². The predicted molar refractivity (Wildman–Crippen MR) is 32.4 cm³/mol. The van der Waals surface area contributed by atoms with Gasteiger partial charge in [-0.05, 0) is 31.3 Å². The molecule has 46 valence electrons. The molecule has 2 nitrogen and oxygen atoms in total. The Labute approximate surface area is 49.4 Å². The van der Waals surface area contributed by atoms with Crippen molar-refractivity contribution in [3.8, 4) is 0 Å². The molecule has 0 aromatic heterocycles. The highest BCUT2D eigenvalue weighted by molar-refractivity contribution is 4.99. The molecule has 1 aliphatic heterocycles. The fourth-order valence-corrected chi connectivity index (χ4v) is 1.39. The topological polar surface area (TPSA) is 38.0 Å². The summed E-state index contributed by atoms with van der Waals surface area (Å²) in [6, 6.07) is 0.557. The molecule has 2 heteroatoms. The van der Waals surface area contributed by atoms with Gasteiger partial charge in [-0.15, -0.1) is 0 Å². The van der Waals surface area contributed by atoms with Crippen LogP contribution in [0.25, 0.3) is 0 Å². The van der Waals surface area contributed by atoms with E-state index >= 15 is 0 Å². The van der Waals surface area contributed by atoms with E-state index in [1.165, 1.54) is 19.5 Å². The van der Waals surface area contributed by atoms with E-state index in [0.29, 0.717) is 6.04 Å².